The van der Waals surface area contributed by atoms with Crippen molar-refractivity contribution >= 4 is 5.91 Å². The van der Waals surface area contributed by atoms with Crippen LogP contribution in [0.15, 0.2) is 84.9 Å². The summed E-state index contributed by atoms with van der Waals surface area (Å²) in [5, 5.41) is 9.48. The van der Waals surface area contributed by atoms with E-state index in [1.165, 1.54) is 11.1 Å². The number of phenols is 1. The molecule has 3 nitrogen and oxygen atoms in total. The zero-order valence-electron chi connectivity index (χ0n) is 16.3. The topological polar surface area (TPSA) is 40.5 Å². The van der Waals surface area contributed by atoms with Crippen molar-refractivity contribution in [1.82, 2.24) is 4.90 Å². The van der Waals surface area contributed by atoms with Crippen molar-refractivity contribution in [1.29, 1.82) is 0 Å². The number of carbonyl (C=O) groups excluding carboxylic acids is 1. The molecule has 1 amide bonds. The van der Waals surface area contributed by atoms with Gasteiger partial charge in [-0.3, -0.25) is 4.79 Å². The first kappa shape index (κ1) is 19.7. The summed E-state index contributed by atoms with van der Waals surface area (Å²) in [6, 6.07) is 27.5. The van der Waals surface area contributed by atoms with Gasteiger partial charge in [-0.25, -0.2) is 0 Å². The third-order valence-electron chi connectivity index (χ3n) is 4.99. The standard InChI is InChI=1S/C25H27NO2/c1-2-18-26(25(28)22-13-15-23(27)16-14-22)19-17-24(20-9-5-3-6-10-20)21-11-7-4-8-12-21/h3-16,24,27H,2,17-19H2,1H3. The van der Waals surface area contributed by atoms with Gasteiger partial charge >= 0.3 is 0 Å². The van der Waals surface area contributed by atoms with E-state index in [-0.39, 0.29) is 17.6 Å². The van der Waals surface area contributed by atoms with Crippen LogP contribution in [0.4, 0.5) is 0 Å². The fourth-order valence-corrected chi connectivity index (χ4v) is 3.55. The lowest BCUT2D eigenvalue weighted by Gasteiger charge is -2.26. The van der Waals surface area contributed by atoms with Crippen LogP contribution < -0.4 is 0 Å². The molecular formula is C25H27NO2. The average molecular weight is 373 g/mol. The SMILES string of the molecule is CCCN(CCC(c1ccccc1)c1ccccc1)C(=O)c1ccc(O)cc1. The van der Waals surface area contributed by atoms with Gasteiger partial charge in [0, 0.05) is 24.6 Å². The summed E-state index contributed by atoms with van der Waals surface area (Å²) >= 11 is 0. The van der Waals surface area contributed by atoms with E-state index in [0.29, 0.717) is 12.1 Å². The third kappa shape index (κ3) is 5.01. The number of carbonyl (C=O) groups is 1. The highest BCUT2D eigenvalue weighted by atomic mass is 16.3. The molecule has 3 rings (SSSR count). The van der Waals surface area contributed by atoms with Crippen LogP contribution in [0.25, 0.3) is 0 Å². The monoisotopic (exact) mass is 373 g/mol. The summed E-state index contributed by atoms with van der Waals surface area (Å²) in [6.07, 6.45) is 1.77. The molecule has 0 heterocycles. The van der Waals surface area contributed by atoms with E-state index >= 15 is 0 Å². The predicted molar refractivity (Wildman–Crippen MR) is 114 cm³/mol. The molecule has 0 radical (unpaired) electrons. The van der Waals surface area contributed by atoms with Crippen molar-refractivity contribution in [2.24, 2.45) is 0 Å². The molecule has 3 aromatic rings. The molecule has 0 bridgehead atoms. The normalized spacial score (nSPS) is 10.8. The molecule has 144 valence electrons. The highest BCUT2D eigenvalue weighted by Crippen LogP contribution is 2.28. The molecule has 0 aromatic heterocycles. The molecule has 3 heteroatoms. The lowest BCUT2D eigenvalue weighted by Crippen LogP contribution is -2.33. The Morgan fingerprint density at radius 3 is 1.86 bits per heavy atom. The average Bonchev–Trinajstić information content (AvgIpc) is 2.75. The molecule has 0 aliphatic rings. The maximum Gasteiger partial charge on any atom is 0.253 e. The van der Waals surface area contributed by atoms with Gasteiger partial charge in [0.1, 0.15) is 5.75 Å². The number of rotatable bonds is 8. The van der Waals surface area contributed by atoms with E-state index in [0.717, 1.165) is 19.4 Å². The first-order chi connectivity index (χ1) is 13.7. The van der Waals surface area contributed by atoms with Crippen LogP contribution in [-0.2, 0) is 0 Å². The molecule has 28 heavy (non-hydrogen) atoms. The minimum Gasteiger partial charge on any atom is -0.508 e. The molecule has 0 spiro atoms. The van der Waals surface area contributed by atoms with Gasteiger partial charge in [-0.15, -0.1) is 0 Å². The summed E-state index contributed by atoms with van der Waals surface area (Å²) in [5.41, 5.74) is 3.15. The van der Waals surface area contributed by atoms with Gasteiger partial charge in [0.2, 0.25) is 0 Å². The summed E-state index contributed by atoms with van der Waals surface area (Å²) in [7, 11) is 0. The van der Waals surface area contributed by atoms with E-state index in [9.17, 15) is 9.90 Å². The summed E-state index contributed by atoms with van der Waals surface area (Å²) in [4.78, 5) is 14.9. The van der Waals surface area contributed by atoms with Crippen molar-refractivity contribution in [2.75, 3.05) is 13.1 Å². The van der Waals surface area contributed by atoms with E-state index in [2.05, 4.69) is 55.5 Å². The Kier molecular flexibility index (Phi) is 6.85. The lowest BCUT2D eigenvalue weighted by molar-refractivity contribution is 0.0752. The Labute approximate surface area is 167 Å². The summed E-state index contributed by atoms with van der Waals surface area (Å²) in [6.45, 7) is 3.49. The number of amides is 1. The molecule has 0 saturated carbocycles. The van der Waals surface area contributed by atoms with Crippen LogP contribution in [0.2, 0.25) is 0 Å². The fourth-order valence-electron chi connectivity index (χ4n) is 3.55. The Hall–Kier alpha value is -3.07. The highest BCUT2D eigenvalue weighted by molar-refractivity contribution is 5.94. The molecule has 0 aliphatic carbocycles. The van der Waals surface area contributed by atoms with E-state index < -0.39 is 0 Å². The first-order valence-electron chi connectivity index (χ1n) is 9.87. The largest absolute Gasteiger partial charge is 0.508 e. The Bertz CT molecular complexity index is 821. The second-order valence-corrected chi connectivity index (χ2v) is 7.00. The molecule has 0 saturated heterocycles. The number of nitrogens with zero attached hydrogens (tertiary/aromatic N) is 1. The van der Waals surface area contributed by atoms with Crippen molar-refractivity contribution in [3.8, 4) is 5.75 Å². The van der Waals surface area contributed by atoms with Crippen LogP contribution in [0, 0.1) is 0 Å². The molecule has 3 aromatic carbocycles. The zero-order valence-corrected chi connectivity index (χ0v) is 16.3. The minimum atomic E-state index is 0.0155. The molecule has 0 fully saturated rings. The fraction of sp³-hybridized carbons (Fsp3) is 0.240. The number of phenolic OH excluding ortho intramolecular Hbond substituents is 1. The molecule has 0 aliphatic heterocycles. The summed E-state index contributed by atoms with van der Waals surface area (Å²) in [5.74, 6) is 0.433. The van der Waals surface area contributed by atoms with Gasteiger partial charge in [-0.1, -0.05) is 67.6 Å². The predicted octanol–water partition coefficient (Wildman–Crippen LogP) is 5.47. The van der Waals surface area contributed by atoms with Crippen LogP contribution >= 0.6 is 0 Å². The minimum absolute atomic E-state index is 0.0155. The first-order valence-corrected chi connectivity index (χ1v) is 9.87. The van der Waals surface area contributed by atoms with Gasteiger partial charge < -0.3 is 10.0 Å². The smallest absolute Gasteiger partial charge is 0.253 e. The number of hydrogen-bond acceptors (Lipinski definition) is 2. The highest BCUT2D eigenvalue weighted by Gasteiger charge is 2.19. The van der Waals surface area contributed by atoms with Crippen LogP contribution in [-0.4, -0.2) is 29.0 Å². The Balaban J connectivity index is 1.79. The van der Waals surface area contributed by atoms with Crippen LogP contribution in [0.5, 0.6) is 5.75 Å². The lowest BCUT2D eigenvalue weighted by atomic mass is 9.88. The van der Waals surface area contributed by atoms with E-state index in [4.69, 9.17) is 0 Å². The Morgan fingerprint density at radius 1 is 0.821 bits per heavy atom. The van der Waals surface area contributed by atoms with Gasteiger partial charge in [-0.05, 0) is 48.2 Å². The van der Waals surface area contributed by atoms with Crippen molar-refractivity contribution in [3.05, 3.63) is 102 Å². The zero-order chi connectivity index (χ0) is 19.8. The van der Waals surface area contributed by atoms with Crippen molar-refractivity contribution in [2.45, 2.75) is 25.7 Å². The number of benzene rings is 3. The maximum atomic E-state index is 13.0. The molecular weight excluding hydrogens is 346 g/mol. The second kappa shape index (κ2) is 9.75. The van der Waals surface area contributed by atoms with Gasteiger partial charge in [-0.2, -0.15) is 0 Å². The van der Waals surface area contributed by atoms with Gasteiger partial charge in [0.05, 0.1) is 0 Å². The van der Waals surface area contributed by atoms with E-state index in [1.807, 2.05) is 17.0 Å². The Morgan fingerprint density at radius 2 is 1.36 bits per heavy atom. The maximum absolute atomic E-state index is 13.0. The van der Waals surface area contributed by atoms with Gasteiger partial charge in [0.25, 0.3) is 5.91 Å². The third-order valence-corrected chi connectivity index (χ3v) is 4.99. The quantitative estimate of drug-likeness (QED) is 0.569. The summed E-state index contributed by atoms with van der Waals surface area (Å²) < 4.78 is 0. The van der Waals surface area contributed by atoms with E-state index in [1.54, 1.807) is 24.3 Å². The van der Waals surface area contributed by atoms with Crippen LogP contribution in [0.3, 0.4) is 0 Å². The molecule has 1 N–H and O–H groups in total. The van der Waals surface area contributed by atoms with Gasteiger partial charge in [0.15, 0.2) is 0 Å². The number of hydrogen-bond donors (Lipinski definition) is 1. The van der Waals surface area contributed by atoms with Crippen LogP contribution in [0.1, 0.15) is 47.2 Å². The molecule has 0 atom stereocenters. The van der Waals surface area contributed by atoms with Crippen molar-refractivity contribution < 1.29 is 9.90 Å². The van der Waals surface area contributed by atoms with Crippen molar-refractivity contribution in [3.63, 3.8) is 0 Å². The number of aromatic hydroxyl groups is 1. The molecule has 0 unspecified atom stereocenters. The second-order valence-electron chi connectivity index (χ2n) is 7.00.